The quantitative estimate of drug-likeness (QED) is 0.273. The first kappa shape index (κ1) is 27.2. The summed E-state index contributed by atoms with van der Waals surface area (Å²) in [5, 5.41) is 10.6. The molecule has 1 saturated heterocycles. The van der Waals surface area contributed by atoms with Gasteiger partial charge in [-0.05, 0) is 67.5 Å². The van der Waals surface area contributed by atoms with Gasteiger partial charge in [0.2, 0.25) is 0 Å². The number of rotatable bonds is 12. The number of likely N-dealkylation sites (tertiary alicyclic amines) is 1. The fourth-order valence-electron chi connectivity index (χ4n) is 5.67. The minimum absolute atomic E-state index is 0.136. The molecular formula is C31H42N2O4. The van der Waals surface area contributed by atoms with Crippen LogP contribution >= 0.6 is 0 Å². The Morgan fingerprint density at radius 3 is 2.68 bits per heavy atom. The predicted molar refractivity (Wildman–Crippen MR) is 148 cm³/mol. The molecule has 1 fully saturated rings. The van der Waals surface area contributed by atoms with Crippen molar-refractivity contribution >= 4 is 16.9 Å². The number of carbonyl (C=O) groups is 1. The van der Waals surface area contributed by atoms with E-state index in [-0.39, 0.29) is 12.1 Å². The van der Waals surface area contributed by atoms with Crippen LogP contribution in [0.3, 0.4) is 0 Å². The Bertz CT molecular complexity index is 1170. The van der Waals surface area contributed by atoms with Gasteiger partial charge in [-0.2, -0.15) is 0 Å². The molecule has 0 spiro atoms. The van der Waals surface area contributed by atoms with E-state index in [1.54, 1.807) is 19.2 Å². The zero-order valence-corrected chi connectivity index (χ0v) is 22.8. The maximum Gasteiger partial charge on any atom is 0.335 e. The second kappa shape index (κ2) is 12.6. The average Bonchev–Trinajstić information content (AvgIpc) is 3.41. The lowest BCUT2D eigenvalue weighted by Crippen LogP contribution is -2.40. The lowest BCUT2D eigenvalue weighted by molar-refractivity contribution is -0.0334. The number of methoxy groups -OCH3 is 1. The van der Waals surface area contributed by atoms with Crippen molar-refractivity contribution in [2.24, 2.45) is 5.92 Å². The Labute approximate surface area is 221 Å². The van der Waals surface area contributed by atoms with E-state index >= 15 is 0 Å². The molecule has 2 aromatic carbocycles. The molecule has 6 heteroatoms. The van der Waals surface area contributed by atoms with Crippen LogP contribution in [0.25, 0.3) is 10.9 Å². The van der Waals surface area contributed by atoms with E-state index in [2.05, 4.69) is 42.8 Å². The summed E-state index contributed by atoms with van der Waals surface area (Å²) in [6.45, 7) is 9.09. The molecule has 2 N–H and O–H groups in total. The van der Waals surface area contributed by atoms with E-state index < -0.39 is 5.97 Å². The smallest absolute Gasteiger partial charge is 0.335 e. The van der Waals surface area contributed by atoms with Gasteiger partial charge < -0.3 is 19.6 Å². The number of carboxylic acid groups (broad SMARTS) is 1. The second-order valence-electron chi connectivity index (χ2n) is 10.5. The number of nitrogens with zero attached hydrogens (tertiary/aromatic N) is 1. The number of ether oxygens (including phenoxy) is 2. The van der Waals surface area contributed by atoms with Crippen LogP contribution in [0, 0.1) is 12.8 Å². The van der Waals surface area contributed by atoms with E-state index in [1.165, 1.54) is 35.8 Å². The molecule has 2 heterocycles. The van der Waals surface area contributed by atoms with E-state index in [4.69, 9.17) is 9.47 Å². The minimum atomic E-state index is -0.898. The number of nitrogens with one attached hydrogen (secondary N) is 1. The highest BCUT2D eigenvalue weighted by atomic mass is 16.5. The van der Waals surface area contributed by atoms with Crippen molar-refractivity contribution in [2.45, 2.75) is 78.0 Å². The normalized spacial score (nSPS) is 19.2. The maximum absolute atomic E-state index is 11.4. The molecule has 0 bridgehead atoms. The summed E-state index contributed by atoms with van der Waals surface area (Å²) >= 11 is 0. The van der Waals surface area contributed by atoms with Crippen molar-refractivity contribution in [2.75, 3.05) is 20.3 Å². The first-order valence-corrected chi connectivity index (χ1v) is 13.8. The molecule has 0 saturated carbocycles. The zero-order chi connectivity index (χ0) is 26.4. The highest BCUT2D eigenvalue weighted by molar-refractivity contribution is 5.88. The number of H-pyrrole nitrogens is 1. The summed E-state index contributed by atoms with van der Waals surface area (Å²) in [6, 6.07) is 11.8. The van der Waals surface area contributed by atoms with Gasteiger partial charge in [0.1, 0.15) is 5.75 Å². The molecule has 3 aromatic rings. The van der Waals surface area contributed by atoms with Crippen LogP contribution in [0.4, 0.5) is 0 Å². The fourth-order valence-corrected chi connectivity index (χ4v) is 5.67. The number of piperidine rings is 1. The first-order chi connectivity index (χ1) is 17.9. The molecule has 0 amide bonds. The molecular weight excluding hydrogens is 464 g/mol. The molecule has 3 atom stereocenters. The van der Waals surface area contributed by atoms with Crippen molar-refractivity contribution in [3.05, 3.63) is 64.8 Å². The lowest BCUT2D eigenvalue weighted by Gasteiger charge is -2.40. The summed E-state index contributed by atoms with van der Waals surface area (Å²) in [5.74, 6) is 0.625. The number of unbranched alkanes of at least 4 members (excludes halogenated alkanes) is 1. The molecule has 1 unspecified atom stereocenters. The molecule has 6 nitrogen and oxygen atoms in total. The van der Waals surface area contributed by atoms with Crippen molar-refractivity contribution in [3.8, 4) is 5.75 Å². The molecule has 0 radical (unpaired) electrons. The van der Waals surface area contributed by atoms with E-state index in [0.717, 1.165) is 55.8 Å². The molecule has 1 aliphatic rings. The van der Waals surface area contributed by atoms with Gasteiger partial charge in [-0.25, -0.2) is 4.79 Å². The van der Waals surface area contributed by atoms with Crippen LogP contribution in [-0.2, 0) is 11.3 Å². The monoisotopic (exact) mass is 506 g/mol. The topological polar surface area (TPSA) is 74.8 Å². The van der Waals surface area contributed by atoms with Gasteiger partial charge in [-0.3, -0.25) is 4.90 Å². The zero-order valence-electron chi connectivity index (χ0n) is 22.8. The van der Waals surface area contributed by atoms with Crippen molar-refractivity contribution < 1.29 is 19.4 Å². The number of aryl methyl sites for hydroxylation is 1. The summed E-state index contributed by atoms with van der Waals surface area (Å²) < 4.78 is 12.3. The van der Waals surface area contributed by atoms with Crippen molar-refractivity contribution in [1.82, 2.24) is 9.88 Å². The van der Waals surface area contributed by atoms with Gasteiger partial charge in [0.05, 0.1) is 18.8 Å². The van der Waals surface area contributed by atoms with Gasteiger partial charge in [0.15, 0.2) is 0 Å². The third-order valence-corrected chi connectivity index (χ3v) is 8.01. The van der Waals surface area contributed by atoms with Crippen LogP contribution in [-0.4, -0.2) is 47.3 Å². The predicted octanol–water partition coefficient (Wildman–Crippen LogP) is 7.12. The Balaban J connectivity index is 1.58. The summed E-state index contributed by atoms with van der Waals surface area (Å²) in [5.41, 5.74) is 4.94. The molecule has 1 aromatic heterocycles. The van der Waals surface area contributed by atoms with Crippen LogP contribution in [0.2, 0.25) is 0 Å². The number of aromatic nitrogens is 1. The Hall–Kier alpha value is -2.83. The highest BCUT2D eigenvalue weighted by Gasteiger charge is 2.32. The molecule has 0 aliphatic carbocycles. The van der Waals surface area contributed by atoms with E-state index in [1.807, 2.05) is 18.3 Å². The van der Waals surface area contributed by atoms with Crippen LogP contribution < -0.4 is 4.74 Å². The van der Waals surface area contributed by atoms with Gasteiger partial charge >= 0.3 is 5.97 Å². The van der Waals surface area contributed by atoms with Crippen LogP contribution in [0.5, 0.6) is 5.75 Å². The molecule has 1 aliphatic heterocycles. The largest absolute Gasteiger partial charge is 0.496 e. The van der Waals surface area contributed by atoms with E-state index in [0.29, 0.717) is 11.5 Å². The van der Waals surface area contributed by atoms with E-state index in [9.17, 15) is 9.90 Å². The Kier molecular flexibility index (Phi) is 9.28. The third-order valence-electron chi connectivity index (χ3n) is 8.01. The third kappa shape index (κ3) is 6.36. The summed E-state index contributed by atoms with van der Waals surface area (Å²) in [4.78, 5) is 17.3. The average molecular weight is 507 g/mol. The number of hydrogen-bond acceptors (Lipinski definition) is 4. The number of carboxylic acids is 1. The van der Waals surface area contributed by atoms with Gasteiger partial charge in [-0.15, -0.1) is 0 Å². The van der Waals surface area contributed by atoms with Gasteiger partial charge in [0, 0.05) is 48.4 Å². The summed E-state index contributed by atoms with van der Waals surface area (Å²) in [7, 11) is 1.74. The SMILES string of the molecule is CCCCC(CC)CO[C@H]1CCN(Cc2c(OC)cc(C)c3[nH]ccc23)[C@H](c2ccc(C(=O)O)cc2)C1. The number of fused-ring (bicyclic) bond motifs is 1. The highest BCUT2D eigenvalue weighted by Crippen LogP contribution is 2.38. The van der Waals surface area contributed by atoms with Crippen molar-refractivity contribution in [1.29, 1.82) is 0 Å². The summed E-state index contributed by atoms with van der Waals surface area (Å²) in [6.07, 6.45) is 8.92. The number of hydrogen-bond donors (Lipinski definition) is 2. The number of aromatic amines is 1. The molecule has 37 heavy (non-hydrogen) atoms. The van der Waals surface area contributed by atoms with Crippen LogP contribution in [0.1, 0.15) is 85.5 Å². The molecule has 200 valence electrons. The number of benzene rings is 2. The Morgan fingerprint density at radius 2 is 2.00 bits per heavy atom. The fraction of sp³-hybridized carbons (Fsp3) is 0.516. The Morgan fingerprint density at radius 1 is 1.22 bits per heavy atom. The molecule has 4 rings (SSSR count). The number of aromatic carboxylic acids is 1. The minimum Gasteiger partial charge on any atom is -0.496 e. The first-order valence-electron chi connectivity index (χ1n) is 13.8. The standard InChI is InChI=1S/C31H42N2O4/c1-5-7-8-22(6-2)20-37-25-14-16-33(28(18-25)23-9-11-24(12-10-23)31(34)35)19-27-26-13-15-32-30(26)21(3)17-29(27)36-4/h9-13,15,17,22,25,28,32H,5-8,14,16,18-20H2,1-4H3,(H,34,35)/t22?,25-,28-/m0/s1. The van der Waals surface area contributed by atoms with Crippen molar-refractivity contribution in [3.63, 3.8) is 0 Å². The lowest BCUT2D eigenvalue weighted by atomic mass is 9.91. The van der Waals surface area contributed by atoms with Gasteiger partial charge in [-0.1, -0.05) is 45.2 Å². The second-order valence-corrected chi connectivity index (χ2v) is 10.5. The van der Waals surface area contributed by atoms with Crippen LogP contribution in [0.15, 0.2) is 42.6 Å². The maximum atomic E-state index is 11.4. The van der Waals surface area contributed by atoms with Gasteiger partial charge in [0.25, 0.3) is 0 Å².